The Morgan fingerprint density at radius 3 is 1.25 bits per heavy atom. The summed E-state index contributed by atoms with van der Waals surface area (Å²) in [4.78, 5) is 39.9. The largest absolute Gasteiger partial charge is 0.507 e. The second-order valence-corrected chi connectivity index (χ2v) is 16.3. The van der Waals surface area contributed by atoms with Gasteiger partial charge in [-0.15, -0.1) is 0 Å². The van der Waals surface area contributed by atoms with Crippen molar-refractivity contribution in [1.29, 1.82) is 0 Å². The third-order valence-electron chi connectivity index (χ3n) is 11.2. The van der Waals surface area contributed by atoms with Gasteiger partial charge in [0.05, 0.1) is 131 Å². The number of aliphatic hydroxyl groups is 1. The number of methoxy groups -OCH3 is 1. The molecule has 3 N–H and O–H groups in total. The number of hydrogen-bond donors (Lipinski definition) is 3. The summed E-state index contributed by atoms with van der Waals surface area (Å²) in [7, 11) is 1.56. The second kappa shape index (κ2) is 33.2. The van der Waals surface area contributed by atoms with Crippen molar-refractivity contribution < 1.29 is 81.8 Å². The molecule has 4 rings (SSSR count). The Kier molecular flexibility index (Phi) is 27.2. The molecule has 4 aromatic rings. The maximum Gasteiger partial charge on any atom is 0.347 e. The Morgan fingerprint density at radius 2 is 0.875 bits per heavy atom. The molecule has 0 amide bonds. The summed E-state index contributed by atoms with van der Waals surface area (Å²) >= 11 is 0. The van der Waals surface area contributed by atoms with Crippen LogP contribution in [0.3, 0.4) is 0 Å². The van der Waals surface area contributed by atoms with Crippen LogP contribution in [0.1, 0.15) is 47.5 Å². The zero-order valence-corrected chi connectivity index (χ0v) is 42.5. The highest BCUT2D eigenvalue weighted by atomic mass is 16.6. The van der Waals surface area contributed by atoms with Gasteiger partial charge in [0.1, 0.15) is 35.4 Å². The molecule has 0 aliphatic rings. The highest BCUT2D eigenvalue weighted by Gasteiger charge is 2.34. The van der Waals surface area contributed by atoms with Crippen molar-refractivity contribution in [2.75, 3.05) is 126 Å². The molecule has 2 unspecified atom stereocenters. The number of Topliss-reactive ketones (excluding diaryl/α,β-unsaturated/α-hetero) is 1. The zero-order valence-electron chi connectivity index (χ0n) is 42.5. The molecule has 2 atom stereocenters. The third kappa shape index (κ3) is 20.5. The van der Waals surface area contributed by atoms with E-state index in [1.165, 1.54) is 19.1 Å². The number of hydrogen-bond acceptors (Lipinski definition) is 20. The Bertz CT molecular complexity index is 2180. The predicted octanol–water partition coefficient (Wildman–Crippen LogP) is 5.89. The normalized spacial score (nSPS) is 12.4. The van der Waals surface area contributed by atoms with Gasteiger partial charge in [-0.1, -0.05) is 20.8 Å². The van der Waals surface area contributed by atoms with E-state index in [0.717, 1.165) is 0 Å². The Morgan fingerprint density at radius 1 is 0.514 bits per heavy atom. The number of carbonyl (C=O) groups is 2. The molecule has 0 saturated heterocycles. The molecule has 20 nitrogen and oxygen atoms in total. The Balaban J connectivity index is 1.16. The number of rotatable bonds is 39. The summed E-state index contributed by atoms with van der Waals surface area (Å²) in [5.74, 6) is 0.475. The number of ketones is 1. The van der Waals surface area contributed by atoms with E-state index < -0.39 is 23.6 Å². The van der Waals surface area contributed by atoms with E-state index in [9.17, 15) is 19.8 Å². The number of esters is 1. The minimum Gasteiger partial charge on any atom is -0.507 e. The molecule has 3 aromatic carbocycles. The molecular weight excluding hydrogens is 939 g/mol. The SMILES string of the molecule is CCC(C)(CC)C(=O)C(C)Oc1ccc(-c2nc(-c3ccc(OC)cc3)nc(-c3ccc(OC(C)C(=O)OCCOCCOCCOCCOCCOCCOCCOCCOCCO)cc3O)n2)c(O)c1. The number of carbonyl (C=O) groups excluding carboxylic acids is 2. The molecule has 20 heteroatoms. The van der Waals surface area contributed by atoms with Gasteiger partial charge in [0, 0.05) is 23.1 Å². The lowest BCUT2D eigenvalue weighted by Gasteiger charge is -2.28. The number of benzene rings is 3. The lowest BCUT2D eigenvalue weighted by atomic mass is 9.78. The van der Waals surface area contributed by atoms with Crippen molar-refractivity contribution in [2.45, 2.75) is 59.7 Å². The van der Waals surface area contributed by atoms with Crippen molar-refractivity contribution >= 4 is 11.8 Å². The van der Waals surface area contributed by atoms with Gasteiger partial charge < -0.3 is 72.2 Å². The van der Waals surface area contributed by atoms with Crippen molar-refractivity contribution in [3.05, 3.63) is 60.7 Å². The van der Waals surface area contributed by atoms with Gasteiger partial charge in [0.15, 0.2) is 35.5 Å². The topological polar surface area (TPSA) is 244 Å². The minimum absolute atomic E-state index is 0.00188. The van der Waals surface area contributed by atoms with E-state index in [-0.39, 0.29) is 71.5 Å². The molecule has 0 radical (unpaired) electrons. The minimum atomic E-state index is -1.01. The van der Waals surface area contributed by atoms with Crippen LogP contribution in [0.2, 0.25) is 0 Å². The molecule has 0 aliphatic carbocycles. The van der Waals surface area contributed by atoms with Crippen LogP contribution in [0, 0.1) is 5.41 Å². The summed E-state index contributed by atoms with van der Waals surface area (Å²) in [6.07, 6.45) is -0.410. The molecule has 0 bridgehead atoms. The third-order valence-corrected chi connectivity index (χ3v) is 11.2. The van der Waals surface area contributed by atoms with Gasteiger partial charge >= 0.3 is 5.97 Å². The van der Waals surface area contributed by atoms with Crippen molar-refractivity contribution in [3.63, 3.8) is 0 Å². The summed E-state index contributed by atoms with van der Waals surface area (Å²) < 4.78 is 65.7. The fraction of sp³-hybridized carbons (Fsp3) is 0.558. The lowest BCUT2D eigenvalue weighted by Crippen LogP contribution is -2.37. The number of ether oxygens (including phenoxy) is 12. The monoisotopic (exact) mass is 1010 g/mol. The van der Waals surface area contributed by atoms with Crippen molar-refractivity contribution in [1.82, 2.24) is 15.0 Å². The van der Waals surface area contributed by atoms with Crippen LogP contribution in [-0.4, -0.2) is 180 Å². The van der Waals surface area contributed by atoms with Gasteiger partial charge in [0.25, 0.3) is 0 Å². The van der Waals surface area contributed by atoms with Gasteiger partial charge in [0.2, 0.25) is 0 Å². The standard InChI is InChI=1S/C52H73N3O17/c1-7-52(5,8-2)47(59)37(3)71-41-13-15-43(45(57)35-41)49-53-48(39-9-11-40(61-6)12-10-39)54-50(55-49)44-16-14-42(36-46(44)58)72-38(4)51(60)70-34-33-69-32-31-68-30-29-67-28-27-66-26-25-65-24-23-64-22-21-63-20-19-62-18-17-56/h9-16,35-38,56-58H,7-8,17-34H2,1-6H3. The van der Waals surface area contributed by atoms with Crippen LogP contribution in [0.5, 0.6) is 28.7 Å². The van der Waals surface area contributed by atoms with Gasteiger partial charge in [-0.25, -0.2) is 19.7 Å². The maximum absolute atomic E-state index is 13.2. The molecule has 0 spiro atoms. The smallest absolute Gasteiger partial charge is 0.347 e. The van der Waals surface area contributed by atoms with E-state index in [0.29, 0.717) is 129 Å². The Hall–Kier alpha value is -5.55. The molecule has 1 heterocycles. The molecule has 0 fully saturated rings. The van der Waals surface area contributed by atoms with Gasteiger partial charge in [-0.3, -0.25) is 4.79 Å². The van der Waals surface area contributed by atoms with Crippen LogP contribution in [0.15, 0.2) is 60.7 Å². The first-order valence-electron chi connectivity index (χ1n) is 24.3. The number of aromatic hydroxyl groups is 2. The second-order valence-electron chi connectivity index (χ2n) is 16.3. The van der Waals surface area contributed by atoms with Crippen LogP contribution in [0.25, 0.3) is 34.2 Å². The van der Waals surface area contributed by atoms with Crippen molar-refractivity contribution in [2.24, 2.45) is 5.41 Å². The van der Waals surface area contributed by atoms with Crippen molar-refractivity contribution in [3.8, 4) is 62.9 Å². The summed E-state index contributed by atoms with van der Waals surface area (Å²) in [6.45, 7) is 15.5. The molecular formula is C52H73N3O17. The van der Waals surface area contributed by atoms with Gasteiger partial charge in [-0.2, -0.15) is 0 Å². The van der Waals surface area contributed by atoms with E-state index in [1.807, 2.05) is 20.8 Å². The summed E-state index contributed by atoms with van der Waals surface area (Å²) in [5, 5.41) is 31.1. The molecule has 398 valence electrons. The van der Waals surface area contributed by atoms with Crippen LogP contribution in [-0.2, 0) is 52.2 Å². The molecule has 0 saturated carbocycles. The highest BCUT2D eigenvalue weighted by molar-refractivity contribution is 5.88. The average molecular weight is 1010 g/mol. The van der Waals surface area contributed by atoms with Crippen LogP contribution < -0.4 is 14.2 Å². The zero-order chi connectivity index (χ0) is 52.0. The average Bonchev–Trinajstić information content (AvgIpc) is 3.39. The highest BCUT2D eigenvalue weighted by Crippen LogP contribution is 2.37. The van der Waals surface area contributed by atoms with Crippen LogP contribution in [0.4, 0.5) is 0 Å². The number of nitrogens with zero attached hydrogens (tertiary/aromatic N) is 3. The van der Waals surface area contributed by atoms with E-state index in [4.69, 9.17) is 61.9 Å². The fourth-order valence-electron chi connectivity index (χ4n) is 6.66. The first-order valence-corrected chi connectivity index (χ1v) is 24.3. The van der Waals surface area contributed by atoms with E-state index in [1.54, 1.807) is 62.6 Å². The lowest BCUT2D eigenvalue weighted by molar-refractivity contribution is -0.152. The van der Waals surface area contributed by atoms with E-state index in [2.05, 4.69) is 15.0 Å². The van der Waals surface area contributed by atoms with E-state index >= 15 is 0 Å². The van der Waals surface area contributed by atoms with Gasteiger partial charge in [-0.05, 0) is 75.2 Å². The number of phenols is 2. The summed E-state index contributed by atoms with van der Waals surface area (Å²) in [5.41, 5.74) is 0.570. The number of aromatic nitrogens is 3. The Labute approximate surface area is 422 Å². The molecule has 72 heavy (non-hydrogen) atoms. The number of aliphatic hydroxyl groups excluding tert-OH is 1. The first-order chi connectivity index (χ1) is 34.9. The predicted molar refractivity (Wildman–Crippen MR) is 264 cm³/mol. The maximum atomic E-state index is 13.2. The quantitative estimate of drug-likeness (QED) is 0.0348. The summed E-state index contributed by atoms with van der Waals surface area (Å²) in [6, 6.07) is 16.1. The molecule has 0 aliphatic heterocycles. The fourth-order valence-corrected chi connectivity index (χ4v) is 6.66. The molecule has 1 aromatic heterocycles. The number of phenolic OH excluding ortho intramolecular Hbond substituents is 2. The van der Waals surface area contributed by atoms with Crippen LogP contribution >= 0.6 is 0 Å². The first kappa shape index (κ1) is 59.0.